The van der Waals surface area contributed by atoms with Gasteiger partial charge in [-0.25, -0.2) is 0 Å². The molecule has 1 aromatic carbocycles. The number of benzene rings is 1. The SMILES string of the molecule is COc1ccc(C#N)c(NCC(=O)N2CCCCC2)c1. The fourth-order valence-electron chi connectivity index (χ4n) is 2.32. The third-order valence-corrected chi connectivity index (χ3v) is 3.49. The lowest BCUT2D eigenvalue weighted by Crippen LogP contribution is -2.39. The minimum Gasteiger partial charge on any atom is -0.497 e. The number of hydrogen-bond donors (Lipinski definition) is 1. The van der Waals surface area contributed by atoms with Crippen molar-refractivity contribution in [3.05, 3.63) is 23.8 Å². The van der Waals surface area contributed by atoms with Crippen LogP contribution in [0.15, 0.2) is 18.2 Å². The molecule has 0 atom stereocenters. The van der Waals surface area contributed by atoms with Crippen molar-refractivity contribution >= 4 is 11.6 Å². The summed E-state index contributed by atoms with van der Waals surface area (Å²) >= 11 is 0. The molecule has 1 N–H and O–H groups in total. The zero-order valence-electron chi connectivity index (χ0n) is 11.7. The van der Waals surface area contributed by atoms with Crippen molar-refractivity contribution in [2.24, 2.45) is 0 Å². The number of methoxy groups -OCH3 is 1. The van der Waals surface area contributed by atoms with E-state index in [0.717, 1.165) is 25.9 Å². The Morgan fingerprint density at radius 1 is 1.40 bits per heavy atom. The Kier molecular flexibility index (Phi) is 4.83. The fourth-order valence-corrected chi connectivity index (χ4v) is 2.32. The normalized spacial score (nSPS) is 14.5. The van der Waals surface area contributed by atoms with Gasteiger partial charge in [-0.1, -0.05) is 0 Å². The summed E-state index contributed by atoms with van der Waals surface area (Å²) in [6, 6.07) is 7.26. The van der Waals surface area contributed by atoms with E-state index < -0.39 is 0 Å². The minimum atomic E-state index is 0.0800. The summed E-state index contributed by atoms with van der Waals surface area (Å²) in [6.07, 6.45) is 3.36. The molecule has 0 spiro atoms. The summed E-state index contributed by atoms with van der Waals surface area (Å²) < 4.78 is 5.13. The van der Waals surface area contributed by atoms with Crippen molar-refractivity contribution in [2.75, 3.05) is 32.1 Å². The molecule has 0 aromatic heterocycles. The fraction of sp³-hybridized carbons (Fsp3) is 0.467. The Bertz CT molecular complexity index is 516. The van der Waals surface area contributed by atoms with E-state index in [1.54, 1.807) is 25.3 Å². The van der Waals surface area contributed by atoms with Gasteiger partial charge in [0.15, 0.2) is 0 Å². The first-order valence-electron chi connectivity index (χ1n) is 6.84. The van der Waals surface area contributed by atoms with Crippen LogP contribution >= 0.6 is 0 Å². The van der Waals surface area contributed by atoms with Crippen molar-refractivity contribution in [3.8, 4) is 11.8 Å². The smallest absolute Gasteiger partial charge is 0.241 e. The summed E-state index contributed by atoms with van der Waals surface area (Å²) in [5.74, 6) is 0.744. The van der Waals surface area contributed by atoms with Crippen molar-refractivity contribution < 1.29 is 9.53 Å². The first-order valence-corrected chi connectivity index (χ1v) is 6.84. The maximum absolute atomic E-state index is 12.1. The Morgan fingerprint density at radius 3 is 2.80 bits per heavy atom. The Balaban J connectivity index is 1.99. The predicted octanol–water partition coefficient (Wildman–Crippen LogP) is 1.99. The van der Waals surface area contributed by atoms with E-state index in [1.807, 2.05) is 4.90 Å². The van der Waals surface area contributed by atoms with Gasteiger partial charge in [0.2, 0.25) is 5.91 Å². The highest BCUT2D eigenvalue weighted by Gasteiger charge is 2.16. The van der Waals surface area contributed by atoms with Gasteiger partial charge in [-0.05, 0) is 31.4 Å². The zero-order chi connectivity index (χ0) is 14.4. The minimum absolute atomic E-state index is 0.0800. The van der Waals surface area contributed by atoms with Gasteiger partial charge in [0.05, 0.1) is 24.9 Å². The summed E-state index contributed by atoms with van der Waals surface area (Å²) in [5.41, 5.74) is 1.15. The van der Waals surface area contributed by atoms with Crippen LogP contribution in [0.5, 0.6) is 5.75 Å². The largest absolute Gasteiger partial charge is 0.497 e. The molecule has 0 aliphatic carbocycles. The van der Waals surface area contributed by atoms with Gasteiger partial charge in [-0.15, -0.1) is 0 Å². The predicted molar refractivity (Wildman–Crippen MR) is 76.6 cm³/mol. The molecule has 1 amide bonds. The van der Waals surface area contributed by atoms with Crippen LogP contribution in [0.2, 0.25) is 0 Å². The van der Waals surface area contributed by atoms with Gasteiger partial charge in [0.1, 0.15) is 11.8 Å². The van der Waals surface area contributed by atoms with Crippen molar-refractivity contribution in [1.29, 1.82) is 5.26 Å². The van der Waals surface area contributed by atoms with Gasteiger partial charge in [-0.3, -0.25) is 4.79 Å². The molecule has 1 heterocycles. The number of rotatable bonds is 4. The second kappa shape index (κ2) is 6.80. The second-order valence-electron chi connectivity index (χ2n) is 4.82. The number of nitrogens with one attached hydrogen (secondary N) is 1. The molecule has 5 nitrogen and oxygen atoms in total. The molecule has 2 rings (SSSR count). The molecule has 0 bridgehead atoms. The van der Waals surface area contributed by atoms with Crippen molar-refractivity contribution in [3.63, 3.8) is 0 Å². The van der Waals surface area contributed by atoms with Crippen LogP contribution < -0.4 is 10.1 Å². The molecule has 0 saturated carbocycles. The average Bonchev–Trinajstić information content (AvgIpc) is 2.53. The van der Waals surface area contributed by atoms with Gasteiger partial charge < -0.3 is 15.0 Å². The number of nitriles is 1. The van der Waals surface area contributed by atoms with Crippen LogP contribution in [0.25, 0.3) is 0 Å². The number of nitrogens with zero attached hydrogens (tertiary/aromatic N) is 2. The summed E-state index contributed by atoms with van der Waals surface area (Å²) in [6.45, 7) is 1.88. The highest BCUT2D eigenvalue weighted by atomic mass is 16.5. The number of carbonyl (C=O) groups is 1. The molecule has 106 valence electrons. The van der Waals surface area contributed by atoms with Gasteiger partial charge in [0.25, 0.3) is 0 Å². The molecule has 0 unspecified atom stereocenters. The number of likely N-dealkylation sites (tertiary alicyclic amines) is 1. The highest BCUT2D eigenvalue weighted by molar-refractivity contribution is 5.81. The number of hydrogen-bond acceptors (Lipinski definition) is 4. The third kappa shape index (κ3) is 3.41. The molecule has 1 aromatic rings. The molecule has 1 fully saturated rings. The van der Waals surface area contributed by atoms with Gasteiger partial charge in [-0.2, -0.15) is 5.26 Å². The maximum Gasteiger partial charge on any atom is 0.241 e. The van der Waals surface area contributed by atoms with Crippen molar-refractivity contribution in [2.45, 2.75) is 19.3 Å². The van der Waals surface area contributed by atoms with Crippen LogP contribution in [0.3, 0.4) is 0 Å². The van der Waals surface area contributed by atoms with E-state index in [-0.39, 0.29) is 12.5 Å². The lowest BCUT2D eigenvalue weighted by atomic mass is 10.1. The quantitative estimate of drug-likeness (QED) is 0.911. The Labute approximate surface area is 119 Å². The summed E-state index contributed by atoms with van der Waals surface area (Å²) in [4.78, 5) is 14.0. The average molecular weight is 273 g/mol. The first kappa shape index (κ1) is 14.2. The van der Waals surface area contributed by atoms with Crippen LogP contribution in [0.4, 0.5) is 5.69 Å². The molecule has 1 aliphatic rings. The van der Waals surface area contributed by atoms with Gasteiger partial charge in [0, 0.05) is 19.2 Å². The molecular formula is C15H19N3O2. The first-order chi connectivity index (χ1) is 9.74. The topological polar surface area (TPSA) is 65.4 Å². The van der Waals surface area contributed by atoms with E-state index in [2.05, 4.69) is 11.4 Å². The zero-order valence-corrected chi connectivity index (χ0v) is 11.7. The van der Waals surface area contributed by atoms with E-state index in [0.29, 0.717) is 17.0 Å². The highest BCUT2D eigenvalue weighted by Crippen LogP contribution is 2.21. The third-order valence-electron chi connectivity index (χ3n) is 3.49. The Hall–Kier alpha value is -2.22. The summed E-state index contributed by atoms with van der Waals surface area (Å²) in [7, 11) is 1.57. The number of amides is 1. The lowest BCUT2D eigenvalue weighted by molar-refractivity contribution is -0.130. The summed E-state index contributed by atoms with van der Waals surface area (Å²) in [5, 5.41) is 12.1. The van der Waals surface area contributed by atoms with Gasteiger partial charge >= 0.3 is 0 Å². The maximum atomic E-state index is 12.1. The van der Waals surface area contributed by atoms with Crippen LogP contribution in [-0.4, -0.2) is 37.6 Å². The monoisotopic (exact) mass is 273 g/mol. The van der Waals surface area contributed by atoms with E-state index >= 15 is 0 Å². The number of ether oxygens (including phenoxy) is 1. The molecule has 5 heteroatoms. The van der Waals surface area contributed by atoms with Crippen LogP contribution in [0, 0.1) is 11.3 Å². The van der Waals surface area contributed by atoms with E-state index in [1.165, 1.54) is 6.42 Å². The van der Waals surface area contributed by atoms with E-state index in [4.69, 9.17) is 10.00 Å². The molecule has 20 heavy (non-hydrogen) atoms. The number of carbonyl (C=O) groups excluding carboxylic acids is 1. The Morgan fingerprint density at radius 2 is 2.15 bits per heavy atom. The number of piperidine rings is 1. The standard InChI is InChI=1S/C15H19N3O2/c1-20-13-6-5-12(10-16)14(9-13)17-11-15(19)18-7-3-2-4-8-18/h5-6,9,17H,2-4,7-8,11H2,1H3. The number of anilines is 1. The van der Waals surface area contributed by atoms with Crippen LogP contribution in [0.1, 0.15) is 24.8 Å². The molecular weight excluding hydrogens is 254 g/mol. The van der Waals surface area contributed by atoms with Crippen LogP contribution in [-0.2, 0) is 4.79 Å². The van der Waals surface area contributed by atoms with E-state index in [9.17, 15) is 4.79 Å². The molecule has 0 radical (unpaired) electrons. The molecule has 1 saturated heterocycles. The second-order valence-corrected chi connectivity index (χ2v) is 4.82. The van der Waals surface area contributed by atoms with Crippen molar-refractivity contribution in [1.82, 2.24) is 4.90 Å². The lowest BCUT2D eigenvalue weighted by Gasteiger charge is -2.27. The molecule has 1 aliphatic heterocycles.